The Morgan fingerprint density at radius 2 is 2.35 bits per heavy atom. The summed E-state index contributed by atoms with van der Waals surface area (Å²) < 4.78 is 5.17. The molecule has 1 aliphatic heterocycles. The van der Waals surface area contributed by atoms with Gasteiger partial charge in [0, 0.05) is 36.7 Å². The Hall–Kier alpha value is -1.82. The Kier molecular flexibility index (Phi) is 6.65. The number of amides is 1. The standard InChI is InChI=1S/C17H22N2O3S/c1-3-10-22-17(21)19-12-16(23-13(2)20)11-15(19)8-7-14-6-4-5-9-18-14/h3-6,9,15-16H,1,7-8,10-12H2,2H3. The van der Waals surface area contributed by atoms with E-state index in [-0.39, 0.29) is 29.1 Å². The zero-order valence-corrected chi connectivity index (χ0v) is 14.1. The number of hydrogen-bond donors (Lipinski definition) is 0. The molecule has 0 N–H and O–H groups in total. The van der Waals surface area contributed by atoms with E-state index in [1.165, 1.54) is 11.8 Å². The smallest absolute Gasteiger partial charge is 0.410 e. The van der Waals surface area contributed by atoms with E-state index >= 15 is 0 Å². The molecule has 6 heteroatoms. The Labute approximate surface area is 141 Å². The summed E-state index contributed by atoms with van der Waals surface area (Å²) in [6, 6.07) is 5.90. The van der Waals surface area contributed by atoms with Gasteiger partial charge in [-0.15, -0.1) is 0 Å². The van der Waals surface area contributed by atoms with E-state index in [4.69, 9.17) is 4.74 Å². The Balaban J connectivity index is 1.98. The molecule has 1 aromatic rings. The van der Waals surface area contributed by atoms with Gasteiger partial charge < -0.3 is 9.64 Å². The van der Waals surface area contributed by atoms with Crippen LogP contribution in [0.5, 0.6) is 0 Å². The van der Waals surface area contributed by atoms with Crippen molar-refractivity contribution < 1.29 is 14.3 Å². The van der Waals surface area contributed by atoms with Crippen molar-refractivity contribution in [2.45, 2.75) is 37.5 Å². The molecule has 1 aliphatic rings. The minimum absolute atomic E-state index is 0.0752. The molecule has 2 heterocycles. The second-order valence-corrected chi connectivity index (χ2v) is 6.98. The second kappa shape index (κ2) is 8.72. The SMILES string of the molecule is C=CCOC(=O)N1CC(SC(C)=O)CC1CCc1ccccn1. The molecule has 0 saturated carbocycles. The summed E-state index contributed by atoms with van der Waals surface area (Å²) in [7, 11) is 0. The molecule has 124 valence electrons. The Morgan fingerprint density at radius 3 is 3.00 bits per heavy atom. The monoisotopic (exact) mass is 334 g/mol. The summed E-state index contributed by atoms with van der Waals surface area (Å²) in [4.78, 5) is 29.6. The van der Waals surface area contributed by atoms with Gasteiger partial charge in [0.15, 0.2) is 5.12 Å². The Bertz CT molecular complexity index is 550. The predicted octanol–water partition coefficient (Wildman–Crippen LogP) is 3.06. The van der Waals surface area contributed by atoms with E-state index in [1.54, 1.807) is 24.1 Å². The van der Waals surface area contributed by atoms with Gasteiger partial charge in [-0.05, 0) is 31.4 Å². The number of aryl methyl sites for hydroxylation is 1. The van der Waals surface area contributed by atoms with Crippen molar-refractivity contribution in [1.82, 2.24) is 9.88 Å². The number of hydrogen-bond acceptors (Lipinski definition) is 5. The van der Waals surface area contributed by atoms with Crippen molar-refractivity contribution in [3.8, 4) is 0 Å². The number of likely N-dealkylation sites (tertiary alicyclic amines) is 1. The summed E-state index contributed by atoms with van der Waals surface area (Å²) in [6.07, 6.45) is 5.42. The van der Waals surface area contributed by atoms with Crippen LogP contribution >= 0.6 is 11.8 Å². The van der Waals surface area contributed by atoms with Crippen LogP contribution in [-0.2, 0) is 16.0 Å². The van der Waals surface area contributed by atoms with Gasteiger partial charge in [0.1, 0.15) is 6.61 Å². The molecular formula is C17H22N2O3S. The van der Waals surface area contributed by atoms with Crippen LogP contribution in [0.25, 0.3) is 0 Å². The molecular weight excluding hydrogens is 312 g/mol. The summed E-state index contributed by atoms with van der Waals surface area (Å²) >= 11 is 1.31. The summed E-state index contributed by atoms with van der Waals surface area (Å²) in [6.45, 7) is 5.87. The average Bonchev–Trinajstić information content (AvgIpc) is 2.93. The number of pyridine rings is 1. The molecule has 2 unspecified atom stereocenters. The molecule has 0 bridgehead atoms. The molecule has 1 saturated heterocycles. The average molecular weight is 334 g/mol. The summed E-state index contributed by atoms with van der Waals surface area (Å²) in [5.74, 6) is 0. The molecule has 5 nitrogen and oxygen atoms in total. The number of rotatable bonds is 6. The highest BCUT2D eigenvalue weighted by Crippen LogP contribution is 2.30. The summed E-state index contributed by atoms with van der Waals surface area (Å²) in [5.41, 5.74) is 1.01. The molecule has 2 atom stereocenters. The van der Waals surface area contributed by atoms with E-state index < -0.39 is 0 Å². The van der Waals surface area contributed by atoms with Gasteiger partial charge in [-0.3, -0.25) is 9.78 Å². The highest BCUT2D eigenvalue weighted by Gasteiger charge is 2.36. The number of carbonyl (C=O) groups excluding carboxylic acids is 2. The first-order valence-corrected chi connectivity index (χ1v) is 8.59. The van der Waals surface area contributed by atoms with Gasteiger partial charge in [0.05, 0.1) is 0 Å². The molecule has 0 spiro atoms. The number of thioether (sulfide) groups is 1. The molecule has 1 amide bonds. The molecule has 1 aromatic heterocycles. The number of aromatic nitrogens is 1. The van der Waals surface area contributed by atoms with Crippen molar-refractivity contribution in [2.24, 2.45) is 0 Å². The number of carbonyl (C=O) groups is 2. The first-order valence-electron chi connectivity index (χ1n) is 7.71. The maximum atomic E-state index is 12.2. The summed E-state index contributed by atoms with van der Waals surface area (Å²) in [5, 5.41) is 0.220. The minimum Gasteiger partial charge on any atom is -0.445 e. The quantitative estimate of drug-likeness (QED) is 0.748. The first-order chi connectivity index (χ1) is 11.1. The van der Waals surface area contributed by atoms with Crippen LogP contribution in [0.15, 0.2) is 37.1 Å². The predicted molar refractivity (Wildman–Crippen MR) is 91.3 cm³/mol. The van der Waals surface area contributed by atoms with Gasteiger partial charge >= 0.3 is 6.09 Å². The van der Waals surface area contributed by atoms with E-state index in [0.717, 1.165) is 25.0 Å². The maximum absolute atomic E-state index is 12.2. The van der Waals surface area contributed by atoms with E-state index in [1.807, 2.05) is 18.2 Å². The third kappa shape index (κ3) is 5.39. The zero-order chi connectivity index (χ0) is 16.7. The van der Waals surface area contributed by atoms with Crippen LogP contribution in [0.4, 0.5) is 4.79 Å². The van der Waals surface area contributed by atoms with Gasteiger partial charge in [0.25, 0.3) is 0 Å². The Morgan fingerprint density at radius 1 is 1.52 bits per heavy atom. The second-order valence-electron chi connectivity index (χ2n) is 5.50. The lowest BCUT2D eigenvalue weighted by molar-refractivity contribution is -0.109. The highest BCUT2D eigenvalue weighted by molar-refractivity contribution is 8.14. The third-order valence-electron chi connectivity index (χ3n) is 3.73. The fraction of sp³-hybridized carbons (Fsp3) is 0.471. The first kappa shape index (κ1) is 17.5. The largest absolute Gasteiger partial charge is 0.445 e. The minimum atomic E-state index is -0.331. The van der Waals surface area contributed by atoms with Crippen molar-refractivity contribution >= 4 is 23.0 Å². The molecule has 1 fully saturated rings. The lowest BCUT2D eigenvalue weighted by Crippen LogP contribution is -2.36. The molecule has 0 aliphatic carbocycles. The van der Waals surface area contributed by atoms with Gasteiger partial charge in [-0.1, -0.05) is 30.5 Å². The van der Waals surface area contributed by atoms with Crippen molar-refractivity contribution in [1.29, 1.82) is 0 Å². The van der Waals surface area contributed by atoms with Crippen LogP contribution in [-0.4, -0.2) is 45.5 Å². The van der Waals surface area contributed by atoms with Gasteiger partial charge in [-0.2, -0.15) is 0 Å². The van der Waals surface area contributed by atoms with E-state index in [0.29, 0.717) is 6.54 Å². The van der Waals surface area contributed by atoms with Crippen LogP contribution in [0.2, 0.25) is 0 Å². The maximum Gasteiger partial charge on any atom is 0.410 e. The van der Waals surface area contributed by atoms with Crippen molar-refractivity contribution in [3.63, 3.8) is 0 Å². The molecule has 2 rings (SSSR count). The topological polar surface area (TPSA) is 59.5 Å². The molecule has 0 radical (unpaired) electrons. The van der Waals surface area contributed by atoms with Crippen LogP contribution in [0.1, 0.15) is 25.5 Å². The lowest BCUT2D eigenvalue weighted by Gasteiger charge is -2.23. The fourth-order valence-corrected chi connectivity index (χ4v) is 3.79. The van der Waals surface area contributed by atoms with E-state index in [9.17, 15) is 9.59 Å². The van der Waals surface area contributed by atoms with Gasteiger partial charge in [-0.25, -0.2) is 4.79 Å². The van der Waals surface area contributed by atoms with Crippen molar-refractivity contribution in [2.75, 3.05) is 13.2 Å². The van der Waals surface area contributed by atoms with Crippen LogP contribution < -0.4 is 0 Å². The number of nitrogens with zero attached hydrogens (tertiary/aromatic N) is 2. The molecule has 0 aromatic carbocycles. The molecule has 23 heavy (non-hydrogen) atoms. The van der Waals surface area contributed by atoms with Crippen LogP contribution in [0, 0.1) is 0 Å². The lowest BCUT2D eigenvalue weighted by atomic mass is 10.1. The fourth-order valence-electron chi connectivity index (χ4n) is 2.76. The van der Waals surface area contributed by atoms with Crippen LogP contribution in [0.3, 0.4) is 0 Å². The van der Waals surface area contributed by atoms with Crippen molar-refractivity contribution in [3.05, 3.63) is 42.7 Å². The number of ether oxygens (including phenoxy) is 1. The zero-order valence-electron chi connectivity index (χ0n) is 13.3. The van der Waals surface area contributed by atoms with Gasteiger partial charge in [0.2, 0.25) is 0 Å². The third-order valence-corrected chi connectivity index (χ3v) is 4.73. The highest BCUT2D eigenvalue weighted by atomic mass is 32.2. The normalized spacial score (nSPS) is 20.3. The van der Waals surface area contributed by atoms with E-state index in [2.05, 4.69) is 11.6 Å².